The second-order valence-electron chi connectivity index (χ2n) is 5.88. The number of aliphatic carboxylic acids is 2. The fourth-order valence-corrected chi connectivity index (χ4v) is 2.47. The Kier molecular flexibility index (Phi) is 13.5. The fraction of sp³-hybridized carbons (Fsp3) is 0.579. The van der Waals surface area contributed by atoms with Crippen molar-refractivity contribution in [3.05, 3.63) is 23.8 Å². The van der Waals surface area contributed by atoms with Crippen LogP contribution in [0.3, 0.4) is 0 Å². The maximum absolute atomic E-state index is 9.10. The highest BCUT2D eigenvalue weighted by Crippen LogP contribution is 2.25. The van der Waals surface area contributed by atoms with E-state index in [-0.39, 0.29) is 0 Å². The van der Waals surface area contributed by atoms with E-state index in [9.17, 15) is 0 Å². The van der Waals surface area contributed by atoms with Crippen LogP contribution in [0.5, 0.6) is 11.5 Å². The lowest BCUT2D eigenvalue weighted by molar-refractivity contribution is -0.159. The van der Waals surface area contributed by atoms with Gasteiger partial charge in [0, 0.05) is 12.6 Å². The summed E-state index contributed by atoms with van der Waals surface area (Å²) in [6, 6.07) is 6.05. The highest BCUT2D eigenvalue weighted by molar-refractivity contribution is 6.27. The second-order valence-corrected chi connectivity index (χ2v) is 5.88. The fourth-order valence-electron chi connectivity index (χ4n) is 2.47. The van der Waals surface area contributed by atoms with Gasteiger partial charge < -0.3 is 30.3 Å². The summed E-state index contributed by atoms with van der Waals surface area (Å²) in [6.45, 7) is 6.34. The minimum atomic E-state index is -1.82. The Morgan fingerprint density at radius 2 is 1.70 bits per heavy atom. The van der Waals surface area contributed by atoms with Crippen molar-refractivity contribution in [1.29, 1.82) is 0 Å². The standard InChI is InChI=1S/C17H30N2O2.C2H2O4/c1-4-11-19(12-6-5-10-18)13-9-15-7-8-16(20-2)14-17(15)21-3;3-1(4)2(5)6/h7-8,14H,4-6,9-13,18H2,1-3H3;(H,3,4)(H,5,6). The van der Waals surface area contributed by atoms with Crippen LogP contribution < -0.4 is 15.2 Å². The van der Waals surface area contributed by atoms with Gasteiger partial charge in [0.05, 0.1) is 14.2 Å². The molecular weight excluding hydrogens is 352 g/mol. The van der Waals surface area contributed by atoms with Gasteiger partial charge in [-0.05, 0) is 56.9 Å². The largest absolute Gasteiger partial charge is 0.497 e. The maximum Gasteiger partial charge on any atom is 0.414 e. The Labute approximate surface area is 160 Å². The number of methoxy groups -OCH3 is 2. The first-order chi connectivity index (χ1) is 12.9. The lowest BCUT2D eigenvalue weighted by Crippen LogP contribution is -2.28. The first-order valence-electron chi connectivity index (χ1n) is 8.99. The summed E-state index contributed by atoms with van der Waals surface area (Å²) in [5.41, 5.74) is 6.81. The van der Waals surface area contributed by atoms with Gasteiger partial charge in [-0.1, -0.05) is 13.0 Å². The Morgan fingerprint density at radius 3 is 2.19 bits per heavy atom. The molecule has 0 saturated heterocycles. The second kappa shape index (κ2) is 14.8. The van der Waals surface area contributed by atoms with Crippen molar-refractivity contribution in [2.45, 2.75) is 32.6 Å². The third-order valence-electron chi connectivity index (χ3n) is 3.84. The van der Waals surface area contributed by atoms with Crippen molar-refractivity contribution in [2.24, 2.45) is 5.73 Å². The first-order valence-corrected chi connectivity index (χ1v) is 8.99. The van der Waals surface area contributed by atoms with Gasteiger partial charge in [-0.3, -0.25) is 0 Å². The van der Waals surface area contributed by atoms with Crippen molar-refractivity contribution >= 4 is 11.9 Å². The number of nitrogens with zero attached hydrogens (tertiary/aromatic N) is 1. The Bertz CT molecular complexity index is 553. The average Bonchev–Trinajstić information content (AvgIpc) is 2.66. The van der Waals surface area contributed by atoms with E-state index in [4.69, 9.17) is 35.0 Å². The lowest BCUT2D eigenvalue weighted by atomic mass is 10.1. The number of rotatable bonds is 11. The van der Waals surface area contributed by atoms with Gasteiger partial charge in [0.2, 0.25) is 0 Å². The van der Waals surface area contributed by atoms with Gasteiger partial charge in [0.25, 0.3) is 0 Å². The quantitative estimate of drug-likeness (QED) is 0.390. The molecule has 0 spiro atoms. The van der Waals surface area contributed by atoms with Crippen LogP contribution in [0.15, 0.2) is 18.2 Å². The molecule has 1 aromatic carbocycles. The summed E-state index contributed by atoms with van der Waals surface area (Å²) in [5.74, 6) is -1.90. The van der Waals surface area contributed by atoms with Gasteiger partial charge in [-0.15, -0.1) is 0 Å². The van der Waals surface area contributed by atoms with E-state index in [0.717, 1.165) is 50.5 Å². The molecule has 0 heterocycles. The molecule has 0 atom stereocenters. The summed E-state index contributed by atoms with van der Waals surface area (Å²) < 4.78 is 10.7. The number of nitrogens with two attached hydrogens (primary N) is 1. The Balaban J connectivity index is 0.000000972. The van der Waals surface area contributed by atoms with E-state index in [1.165, 1.54) is 18.4 Å². The number of carboxylic acid groups (broad SMARTS) is 2. The van der Waals surface area contributed by atoms with Crippen LogP contribution in [0.2, 0.25) is 0 Å². The van der Waals surface area contributed by atoms with Crippen molar-refractivity contribution < 1.29 is 29.3 Å². The smallest absolute Gasteiger partial charge is 0.414 e. The monoisotopic (exact) mass is 384 g/mol. The molecule has 0 aromatic heterocycles. The minimum Gasteiger partial charge on any atom is -0.497 e. The van der Waals surface area contributed by atoms with Crippen molar-refractivity contribution in [3.8, 4) is 11.5 Å². The number of carbonyl (C=O) groups is 2. The van der Waals surface area contributed by atoms with E-state index in [2.05, 4.69) is 17.9 Å². The van der Waals surface area contributed by atoms with Gasteiger partial charge in [0.1, 0.15) is 11.5 Å². The molecule has 1 aromatic rings. The SMILES string of the molecule is CCCN(CCCCN)CCc1ccc(OC)cc1OC.O=C(O)C(=O)O. The van der Waals surface area contributed by atoms with Crippen LogP contribution in [0.1, 0.15) is 31.7 Å². The zero-order valence-corrected chi connectivity index (χ0v) is 16.4. The van der Waals surface area contributed by atoms with Gasteiger partial charge in [-0.25, -0.2) is 9.59 Å². The number of hydrogen-bond acceptors (Lipinski definition) is 6. The molecular formula is C19H32N2O6. The summed E-state index contributed by atoms with van der Waals surface area (Å²) in [4.78, 5) is 20.7. The predicted molar refractivity (Wildman–Crippen MR) is 104 cm³/mol. The molecule has 8 heteroatoms. The van der Waals surface area contributed by atoms with Crippen LogP contribution in [0, 0.1) is 0 Å². The average molecular weight is 384 g/mol. The number of benzene rings is 1. The summed E-state index contributed by atoms with van der Waals surface area (Å²) in [5, 5.41) is 14.8. The molecule has 0 aliphatic rings. The van der Waals surface area contributed by atoms with E-state index in [1.807, 2.05) is 12.1 Å². The van der Waals surface area contributed by atoms with E-state index >= 15 is 0 Å². The normalized spacial score (nSPS) is 10.1. The molecule has 0 saturated carbocycles. The molecule has 0 fully saturated rings. The summed E-state index contributed by atoms with van der Waals surface area (Å²) in [6.07, 6.45) is 4.46. The van der Waals surface area contributed by atoms with E-state index < -0.39 is 11.9 Å². The predicted octanol–water partition coefficient (Wildman–Crippen LogP) is 1.85. The third-order valence-corrected chi connectivity index (χ3v) is 3.84. The Hall–Kier alpha value is -2.32. The third kappa shape index (κ3) is 11.1. The number of hydrogen-bond donors (Lipinski definition) is 3. The zero-order chi connectivity index (χ0) is 20.7. The van der Waals surface area contributed by atoms with Crippen molar-refractivity contribution in [2.75, 3.05) is 40.4 Å². The number of carboxylic acids is 2. The molecule has 0 bridgehead atoms. The first kappa shape index (κ1) is 24.7. The molecule has 0 unspecified atom stereocenters. The summed E-state index contributed by atoms with van der Waals surface area (Å²) in [7, 11) is 3.39. The number of unbranched alkanes of at least 4 members (excludes halogenated alkanes) is 1. The molecule has 0 amide bonds. The Morgan fingerprint density at radius 1 is 1.04 bits per heavy atom. The molecule has 0 aliphatic heterocycles. The molecule has 0 aliphatic carbocycles. The van der Waals surface area contributed by atoms with E-state index in [0.29, 0.717) is 0 Å². The van der Waals surface area contributed by atoms with Crippen LogP contribution in [-0.4, -0.2) is 67.5 Å². The van der Waals surface area contributed by atoms with Crippen molar-refractivity contribution in [3.63, 3.8) is 0 Å². The van der Waals surface area contributed by atoms with Crippen molar-refractivity contribution in [1.82, 2.24) is 4.90 Å². The minimum absolute atomic E-state index is 0.784. The highest BCUT2D eigenvalue weighted by atomic mass is 16.5. The molecule has 8 nitrogen and oxygen atoms in total. The van der Waals surface area contributed by atoms with Crippen LogP contribution in [-0.2, 0) is 16.0 Å². The lowest BCUT2D eigenvalue weighted by Gasteiger charge is -2.22. The maximum atomic E-state index is 9.10. The van der Waals surface area contributed by atoms with E-state index in [1.54, 1.807) is 14.2 Å². The zero-order valence-electron chi connectivity index (χ0n) is 16.4. The van der Waals surface area contributed by atoms with Gasteiger partial charge in [0.15, 0.2) is 0 Å². The van der Waals surface area contributed by atoms with Crippen LogP contribution in [0.25, 0.3) is 0 Å². The topological polar surface area (TPSA) is 122 Å². The van der Waals surface area contributed by atoms with Crippen LogP contribution in [0.4, 0.5) is 0 Å². The van der Waals surface area contributed by atoms with Crippen LogP contribution >= 0.6 is 0 Å². The highest BCUT2D eigenvalue weighted by Gasteiger charge is 2.08. The molecule has 27 heavy (non-hydrogen) atoms. The molecule has 4 N–H and O–H groups in total. The van der Waals surface area contributed by atoms with Gasteiger partial charge >= 0.3 is 11.9 Å². The molecule has 0 radical (unpaired) electrons. The molecule has 154 valence electrons. The number of ether oxygens (including phenoxy) is 2. The molecule has 1 rings (SSSR count). The summed E-state index contributed by atoms with van der Waals surface area (Å²) >= 11 is 0. The van der Waals surface area contributed by atoms with Gasteiger partial charge in [-0.2, -0.15) is 0 Å².